The number of nitrogens with one attached hydrogen (secondary N) is 1. The lowest BCUT2D eigenvalue weighted by atomic mass is 10.0. The number of rotatable bonds is 9. The van der Waals surface area contributed by atoms with Crippen LogP contribution in [0.1, 0.15) is 37.6 Å². The molecule has 0 aliphatic rings. The minimum atomic E-state index is -0.337. The number of nitrogens with zero attached hydrogens (tertiary/aromatic N) is 2. The SMILES string of the molecule is CCOC(=O)c1cnc2c(ccc3ccccc32)c1NCCCN(CC)CC. The van der Waals surface area contributed by atoms with E-state index in [1.54, 1.807) is 6.20 Å². The molecule has 3 rings (SSSR count). The van der Waals surface area contributed by atoms with Gasteiger partial charge in [0.05, 0.1) is 17.8 Å². The van der Waals surface area contributed by atoms with E-state index < -0.39 is 0 Å². The molecule has 0 amide bonds. The molecule has 28 heavy (non-hydrogen) atoms. The number of benzene rings is 2. The van der Waals surface area contributed by atoms with Crippen molar-refractivity contribution in [3.63, 3.8) is 0 Å². The van der Waals surface area contributed by atoms with E-state index in [-0.39, 0.29) is 5.97 Å². The maximum absolute atomic E-state index is 12.5. The molecular formula is C23H29N3O2. The zero-order valence-electron chi connectivity index (χ0n) is 17.0. The fourth-order valence-electron chi connectivity index (χ4n) is 3.54. The van der Waals surface area contributed by atoms with Crippen LogP contribution in [0, 0.1) is 0 Å². The molecule has 0 bridgehead atoms. The highest BCUT2D eigenvalue weighted by Gasteiger charge is 2.17. The number of anilines is 1. The molecule has 0 aliphatic carbocycles. The number of aromatic nitrogens is 1. The van der Waals surface area contributed by atoms with E-state index in [0.29, 0.717) is 12.2 Å². The van der Waals surface area contributed by atoms with Crippen LogP contribution in [0.15, 0.2) is 42.6 Å². The smallest absolute Gasteiger partial charge is 0.341 e. The third-order valence-corrected chi connectivity index (χ3v) is 5.10. The Morgan fingerprint density at radius 2 is 1.86 bits per heavy atom. The van der Waals surface area contributed by atoms with Crippen molar-refractivity contribution in [3.8, 4) is 0 Å². The minimum Gasteiger partial charge on any atom is -0.462 e. The average Bonchev–Trinajstić information content (AvgIpc) is 2.73. The Bertz CT molecular complexity index is 951. The molecule has 2 aromatic carbocycles. The number of fused-ring (bicyclic) bond motifs is 3. The number of hydrogen-bond acceptors (Lipinski definition) is 5. The molecule has 0 unspecified atom stereocenters. The number of carbonyl (C=O) groups excluding carboxylic acids is 1. The highest BCUT2D eigenvalue weighted by molar-refractivity contribution is 6.13. The van der Waals surface area contributed by atoms with Crippen molar-refractivity contribution >= 4 is 33.3 Å². The van der Waals surface area contributed by atoms with Gasteiger partial charge in [0.1, 0.15) is 5.56 Å². The van der Waals surface area contributed by atoms with Gasteiger partial charge in [0.15, 0.2) is 0 Å². The summed E-state index contributed by atoms with van der Waals surface area (Å²) < 4.78 is 5.26. The Morgan fingerprint density at radius 3 is 2.61 bits per heavy atom. The van der Waals surface area contributed by atoms with E-state index >= 15 is 0 Å². The van der Waals surface area contributed by atoms with Gasteiger partial charge in [-0.15, -0.1) is 0 Å². The molecule has 1 N–H and O–H groups in total. The standard InChI is InChI=1S/C23H29N3O2/c1-4-26(5-2)15-9-14-24-22-19-13-12-17-10-7-8-11-18(17)21(19)25-16-20(22)23(27)28-6-3/h7-8,10-13,16H,4-6,9,14-15H2,1-3H3,(H,24,25). The molecule has 5 heteroatoms. The van der Waals surface area contributed by atoms with E-state index in [4.69, 9.17) is 4.74 Å². The quantitative estimate of drug-likeness (QED) is 0.331. The zero-order chi connectivity index (χ0) is 19.9. The van der Waals surface area contributed by atoms with E-state index in [0.717, 1.165) is 60.0 Å². The summed E-state index contributed by atoms with van der Waals surface area (Å²) in [7, 11) is 0. The predicted octanol–water partition coefficient (Wildman–Crippen LogP) is 4.71. The summed E-state index contributed by atoms with van der Waals surface area (Å²) in [5.41, 5.74) is 2.21. The molecule has 1 aromatic heterocycles. The van der Waals surface area contributed by atoms with Gasteiger partial charge < -0.3 is 15.0 Å². The molecule has 5 nitrogen and oxygen atoms in total. The van der Waals surface area contributed by atoms with Crippen LogP contribution in [0.5, 0.6) is 0 Å². The second-order valence-electron chi connectivity index (χ2n) is 6.76. The van der Waals surface area contributed by atoms with Crippen LogP contribution < -0.4 is 5.32 Å². The molecule has 148 valence electrons. The van der Waals surface area contributed by atoms with Crippen molar-refractivity contribution < 1.29 is 9.53 Å². The summed E-state index contributed by atoms with van der Waals surface area (Å²) in [5.74, 6) is -0.337. The van der Waals surface area contributed by atoms with Crippen molar-refractivity contribution in [3.05, 3.63) is 48.2 Å². The fourth-order valence-corrected chi connectivity index (χ4v) is 3.54. The second-order valence-corrected chi connectivity index (χ2v) is 6.76. The molecule has 0 radical (unpaired) electrons. The van der Waals surface area contributed by atoms with Gasteiger partial charge in [-0.1, -0.05) is 50.2 Å². The Balaban J connectivity index is 1.96. The summed E-state index contributed by atoms with van der Waals surface area (Å²) in [5, 5.41) is 6.67. The van der Waals surface area contributed by atoms with Crippen LogP contribution in [0.2, 0.25) is 0 Å². The molecule has 0 aliphatic heterocycles. The zero-order valence-corrected chi connectivity index (χ0v) is 17.0. The van der Waals surface area contributed by atoms with Gasteiger partial charge in [-0.2, -0.15) is 0 Å². The lowest BCUT2D eigenvalue weighted by molar-refractivity contribution is 0.0527. The molecule has 0 saturated carbocycles. The van der Waals surface area contributed by atoms with E-state index in [2.05, 4.69) is 47.2 Å². The van der Waals surface area contributed by atoms with Gasteiger partial charge in [-0.05, 0) is 38.4 Å². The molecule has 0 fully saturated rings. The van der Waals surface area contributed by atoms with Crippen LogP contribution in [-0.4, -0.2) is 48.6 Å². The van der Waals surface area contributed by atoms with Gasteiger partial charge in [-0.3, -0.25) is 4.98 Å². The summed E-state index contributed by atoms with van der Waals surface area (Å²) in [4.78, 5) is 19.5. The van der Waals surface area contributed by atoms with E-state index in [9.17, 15) is 4.79 Å². The monoisotopic (exact) mass is 379 g/mol. The number of carbonyl (C=O) groups is 1. The first-order chi connectivity index (χ1) is 13.7. The first-order valence-electron chi connectivity index (χ1n) is 10.1. The normalized spacial score (nSPS) is 11.3. The summed E-state index contributed by atoms with van der Waals surface area (Å²) in [6.45, 7) is 10.4. The third-order valence-electron chi connectivity index (χ3n) is 5.10. The van der Waals surface area contributed by atoms with Crippen LogP contribution in [-0.2, 0) is 4.74 Å². The maximum atomic E-state index is 12.5. The fraction of sp³-hybridized carbons (Fsp3) is 0.391. The summed E-state index contributed by atoms with van der Waals surface area (Å²) in [6.07, 6.45) is 2.64. The van der Waals surface area contributed by atoms with Gasteiger partial charge in [0, 0.05) is 23.5 Å². The topological polar surface area (TPSA) is 54.5 Å². The van der Waals surface area contributed by atoms with Crippen LogP contribution in [0.3, 0.4) is 0 Å². The van der Waals surface area contributed by atoms with Crippen LogP contribution in [0.25, 0.3) is 21.7 Å². The highest BCUT2D eigenvalue weighted by atomic mass is 16.5. The van der Waals surface area contributed by atoms with Gasteiger partial charge in [0.25, 0.3) is 0 Å². The first-order valence-corrected chi connectivity index (χ1v) is 10.1. The largest absolute Gasteiger partial charge is 0.462 e. The number of ether oxygens (including phenoxy) is 1. The van der Waals surface area contributed by atoms with Gasteiger partial charge >= 0.3 is 5.97 Å². The van der Waals surface area contributed by atoms with Crippen molar-refractivity contribution in [2.75, 3.05) is 38.1 Å². The Morgan fingerprint density at radius 1 is 1.07 bits per heavy atom. The first kappa shape index (κ1) is 20.1. The molecule has 3 aromatic rings. The number of hydrogen-bond donors (Lipinski definition) is 1. The highest BCUT2D eigenvalue weighted by Crippen LogP contribution is 2.31. The molecular weight excluding hydrogens is 350 g/mol. The van der Waals surface area contributed by atoms with Crippen LogP contribution >= 0.6 is 0 Å². The predicted molar refractivity (Wildman–Crippen MR) is 116 cm³/mol. The van der Waals surface area contributed by atoms with Gasteiger partial charge in [0.2, 0.25) is 0 Å². The Labute approximate surface area is 166 Å². The van der Waals surface area contributed by atoms with Crippen molar-refractivity contribution in [2.45, 2.75) is 27.2 Å². The summed E-state index contributed by atoms with van der Waals surface area (Å²) in [6, 6.07) is 12.3. The lowest BCUT2D eigenvalue weighted by Gasteiger charge is -2.19. The number of pyridine rings is 1. The van der Waals surface area contributed by atoms with Crippen LogP contribution in [0.4, 0.5) is 5.69 Å². The lowest BCUT2D eigenvalue weighted by Crippen LogP contribution is -2.25. The molecule has 0 saturated heterocycles. The van der Waals surface area contributed by atoms with Gasteiger partial charge in [-0.25, -0.2) is 4.79 Å². The van der Waals surface area contributed by atoms with Crippen molar-refractivity contribution in [1.82, 2.24) is 9.88 Å². The third kappa shape index (κ3) is 4.25. The van der Waals surface area contributed by atoms with Crippen molar-refractivity contribution in [1.29, 1.82) is 0 Å². The van der Waals surface area contributed by atoms with E-state index in [1.807, 2.05) is 25.1 Å². The minimum absolute atomic E-state index is 0.337. The Kier molecular flexibility index (Phi) is 6.82. The molecule has 0 atom stereocenters. The second kappa shape index (κ2) is 9.51. The molecule has 1 heterocycles. The van der Waals surface area contributed by atoms with Crippen molar-refractivity contribution in [2.24, 2.45) is 0 Å². The molecule has 0 spiro atoms. The summed E-state index contributed by atoms with van der Waals surface area (Å²) >= 11 is 0. The Hall–Kier alpha value is -2.66. The number of esters is 1. The maximum Gasteiger partial charge on any atom is 0.341 e. The van der Waals surface area contributed by atoms with E-state index in [1.165, 1.54) is 0 Å². The average molecular weight is 380 g/mol.